The van der Waals surface area contributed by atoms with Gasteiger partial charge in [0.15, 0.2) is 5.78 Å². The Labute approximate surface area is 137 Å². The molecule has 0 spiro atoms. The van der Waals surface area contributed by atoms with E-state index in [1.165, 1.54) is 0 Å². The SMILES string of the molecule is C=C(CN1Cc2c(Br)cccc2C1=O)C(=O)c1ccccc1. The van der Waals surface area contributed by atoms with Gasteiger partial charge < -0.3 is 4.90 Å². The fourth-order valence-electron chi connectivity index (χ4n) is 2.58. The molecule has 0 bridgehead atoms. The predicted molar refractivity (Wildman–Crippen MR) is 88.8 cm³/mol. The highest BCUT2D eigenvalue weighted by atomic mass is 79.9. The molecule has 0 unspecified atom stereocenters. The van der Waals surface area contributed by atoms with Crippen LogP contribution < -0.4 is 0 Å². The molecule has 0 aliphatic carbocycles. The first kappa shape index (κ1) is 14.7. The van der Waals surface area contributed by atoms with Crippen LogP contribution in [0.15, 0.2) is 65.2 Å². The number of carbonyl (C=O) groups excluding carboxylic acids is 2. The molecular weight excluding hydrogens is 342 g/mol. The van der Waals surface area contributed by atoms with Crippen LogP contribution in [0.25, 0.3) is 0 Å². The van der Waals surface area contributed by atoms with E-state index in [2.05, 4.69) is 22.5 Å². The highest BCUT2D eigenvalue weighted by Crippen LogP contribution is 2.29. The number of fused-ring (bicyclic) bond motifs is 1. The zero-order valence-corrected chi connectivity index (χ0v) is 13.5. The maximum atomic E-state index is 12.4. The van der Waals surface area contributed by atoms with Crippen molar-refractivity contribution >= 4 is 27.6 Å². The number of nitrogens with zero attached hydrogens (tertiary/aromatic N) is 1. The molecule has 1 aliphatic rings. The quantitative estimate of drug-likeness (QED) is 0.617. The summed E-state index contributed by atoms with van der Waals surface area (Å²) in [5, 5.41) is 0. The van der Waals surface area contributed by atoms with Crippen molar-refractivity contribution in [2.75, 3.05) is 6.54 Å². The van der Waals surface area contributed by atoms with E-state index >= 15 is 0 Å². The topological polar surface area (TPSA) is 37.4 Å². The van der Waals surface area contributed by atoms with Crippen LogP contribution >= 0.6 is 15.9 Å². The molecule has 0 radical (unpaired) electrons. The van der Waals surface area contributed by atoms with Crippen LogP contribution in [-0.2, 0) is 6.54 Å². The minimum atomic E-state index is -0.122. The molecule has 0 fully saturated rings. The first-order valence-corrected chi connectivity index (χ1v) is 7.71. The van der Waals surface area contributed by atoms with Crippen molar-refractivity contribution in [2.45, 2.75) is 6.54 Å². The summed E-state index contributed by atoms with van der Waals surface area (Å²) in [6.45, 7) is 4.60. The molecule has 4 heteroatoms. The first-order valence-electron chi connectivity index (χ1n) is 6.92. The Hall–Kier alpha value is -2.20. The van der Waals surface area contributed by atoms with Gasteiger partial charge in [-0.05, 0) is 17.7 Å². The van der Waals surface area contributed by atoms with Crippen molar-refractivity contribution in [1.29, 1.82) is 0 Å². The second-order valence-electron chi connectivity index (χ2n) is 5.23. The Morgan fingerprint density at radius 3 is 2.55 bits per heavy atom. The number of rotatable bonds is 4. The van der Waals surface area contributed by atoms with Gasteiger partial charge in [-0.2, -0.15) is 0 Å². The van der Waals surface area contributed by atoms with Gasteiger partial charge in [-0.15, -0.1) is 0 Å². The van der Waals surface area contributed by atoms with Gasteiger partial charge in [-0.25, -0.2) is 0 Å². The van der Waals surface area contributed by atoms with Crippen LogP contribution in [0.1, 0.15) is 26.3 Å². The summed E-state index contributed by atoms with van der Waals surface area (Å²) in [6.07, 6.45) is 0. The summed E-state index contributed by atoms with van der Waals surface area (Å²) in [5.41, 5.74) is 2.67. The third-order valence-corrected chi connectivity index (χ3v) is 4.47. The molecule has 22 heavy (non-hydrogen) atoms. The second-order valence-corrected chi connectivity index (χ2v) is 6.08. The second kappa shape index (κ2) is 5.89. The molecule has 1 heterocycles. The minimum Gasteiger partial charge on any atom is -0.330 e. The molecular formula is C18H14BrNO2. The summed E-state index contributed by atoms with van der Waals surface area (Å²) in [4.78, 5) is 26.4. The van der Waals surface area contributed by atoms with Gasteiger partial charge in [-0.3, -0.25) is 9.59 Å². The molecule has 0 saturated heterocycles. The van der Waals surface area contributed by atoms with Gasteiger partial charge in [-0.1, -0.05) is 58.9 Å². The fourth-order valence-corrected chi connectivity index (χ4v) is 3.07. The Balaban J connectivity index is 1.76. The molecule has 2 aromatic carbocycles. The number of amides is 1. The summed E-state index contributed by atoms with van der Waals surface area (Å²) in [6, 6.07) is 14.6. The van der Waals surface area contributed by atoms with Crippen LogP contribution in [0.4, 0.5) is 0 Å². The highest BCUT2D eigenvalue weighted by molar-refractivity contribution is 9.10. The Morgan fingerprint density at radius 1 is 1.14 bits per heavy atom. The third kappa shape index (κ3) is 2.62. The lowest BCUT2D eigenvalue weighted by Crippen LogP contribution is -2.28. The van der Waals surface area contributed by atoms with Gasteiger partial charge >= 0.3 is 0 Å². The zero-order valence-electron chi connectivity index (χ0n) is 11.9. The molecule has 3 nitrogen and oxygen atoms in total. The maximum absolute atomic E-state index is 12.4. The van der Waals surface area contributed by atoms with Crippen molar-refractivity contribution in [3.63, 3.8) is 0 Å². The number of benzene rings is 2. The number of halogens is 1. The molecule has 3 rings (SSSR count). The van der Waals surface area contributed by atoms with E-state index in [0.29, 0.717) is 23.2 Å². The van der Waals surface area contributed by atoms with Gasteiger partial charge in [0.25, 0.3) is 5.91 Å². The van der Waals surface area contributed by atoms with E-state index in [4.69, 9.17) is 0 Å². The minimum absolute atomic E-state index is 0.0571. The van der Waals surface area contributed by atoms with Crippen molar-refractivity contribution in [3.8, 4) is 0 Å². The largest absolute Gasteiger partial charge is 0.330 e. The summed E-state index contributed by atoms with van der Waals surface area (Å²) in [5.74, 6) is -0.179. The summed E-state index contributed by atoms with van der Waals surface area (Å²) >= 11 is 3.47. The van der Waals surface area contributed by atoms with Crippen molar-refractivity contribution in [3.05, 3.63) is 81.8 Å². The molecule has 0 saturated carbocycles. The van der Waals surface area contributed by atoms with Gasteiger partial charge in [0, 0.05) is 34.3 Å². The summed E-state index contributed by atoms with van der Waals surface area (Å²) in [7, 11) is 0. The lowest BCUT2D eigenvalue weighted by atomic mass is 10.0. The number of hydrogen-bond acceptors (Lipinski definition) is 2. The molecule has 0 atom stereocenters. The van der Waals surface area contributed by atoms with Crippen molar-refractivity contribution in [1.82, 2.24) is 4.90 Å². The highest BCUT2D eigenvalue weighted by Gasteiger charge is 2.29. The van der Waals surface area contributed by atoms with E-state index in [1.807, 2.05) is 36.4 Å². The molecule has 0 aromatic heterocycles. The third-order valence-electron chi connectivity index (χ3n) is 3.72. The van der Waals surface area contributed by atoms with E-state index in [1.54, 1.807) is 17.0 Å². The predicted octanol–water partition coefficient (Wildman–Crippen LogP) is 3.84. The van der Waals surface area contributed by atoms with E-state index in [0.717, 1.165) is 10.0 Å². The van der Waals surface area contributed by atoms with Crippen LogP contribution in [-0.4, -0.2) is 23.1 Å². The Kier molecular flexibility index (Phi) is 3.94. The number of carbonyl (C=O) groups is 2. The lowest BCUT2D eigenvalue weighted by molar-refractivity contribution is 0.0788. The number of ketones is 1. The first-order chi connectivity index (χ1) is 10.6. The standard InChI is InChI=1S/C18H14BrNO2/c1-12(17(21)13-6-3-2-4-7-13)10-20-11-15-14(18(20)22)8-5-9-16(15)19/h2-9H,1,10-11H2. The smallest absolute Gasteiger partial charge is 0.254 e. The zero-order chi connectivity index (χ0) is 15.7. The molecule has 1 amide bonds. The Morgan fingerprint density at radius 2 is 1.86 bits per heavy atom. The lowest BCUT2D eigenvalue weighted by Gasteiger charge is -2.16. The maximum Gasteiger partial charge on any atom is 0.254 e. The monoisotopic (exact) mass is 355 g/mol. The van der Waals surface area contributed by atoms with Crippen molar-refractivity contribution < 1.29 is 9.59 Å². The molecule has 110 valence electrons. The van der Waals surface area contributed by atoms with E-state index in [-0.39, 0.29) is 18.2 Å². The van der Waals surface area contributed by atoms with Crippen LogP contribution in [0, 0.1) is 0 Å². The molecule has 1 aliphatic heterocycles. The van der Waals surface area contributed by atoms with Crippen LogP contribution in [0.2, 0.25) is 0 Å². The fraction of sp³-hybridized carbons (Fsp3) is 0.111. The molecule has 0 N–H and O–H groups in total. The average Bonchev–Trinajstić information content (AvgIpc) is 2.85. The van der Waals surface area contributed by atoms with E-state index in [9.17, 15) is 9.59 Å². The van der Waals surface area contributed by atoms with E-state index < -0.39 is 0 Å². The number of Topliss-reactive ketones (excluding diaryl/α,β-unsaturated/α-hetero) is 1. The Bertz CT molecular complexity index is 768. The summed E-state index contributed by atoms with van der Waals surface area (Å²) < 4.78 is 0.917. The number of hydrogen-bond donors (Lipinski definition) is 0. The van der Waals surface area contributed by atoms with Crippen LogP contribution in [0.5, 0.6) is 0 Å². The van der Waals surface area contributed by atoms with Crippen molar-refractivity contribution in [2.24, 2.45) is 0 Å². The average molecular weight is 356 g/mol. The molecule has 2 aromatic rings. The normalized spacial score (nSPS) is 13.1. The van der Waals surface area contributed by atoms with Gasteiger partial charge in [0.05, 0.1) is 0 Å². The van der Waals surface area contributed by atoms with Gasteiger partial charge in [0.2, 0.25) is 0 Å². The van der Waals surface area contributed by atoms with Gasteiger partial charge in [0.1, 0.15) is 0 Å². The van der Waals surface area contributed by atoms with Crippen LogP contribution in [0.3, 0.4) is 0 Å².